The van der Waals surface area contributed by atoms with E-state index in [9.17, 15) is 9.90 Å². The number of carbonyl (C=O) groups excluding carboxylic acids is 1. The van der Waals surface area contributed by atoms with Crippen LogP contribution in [0.5, 0.6) is 0 Å². The van der Waals surface area contributed by atoms with Gasteiger partial charge in [-0.05, 0) is 32.8 Å². The minimum absolute atomic E-state index is 0.103. The molecule has 1 aromatic rings. The molecule has 0 spiro atoms. The highest BCUT2D eigenvalue weighted by molar-refractivity contribution is 5.74. The molecule has 106 valence electrons. The van der Waals surface area contributed by atoms with Crippen LogP contribution in [0.4, 0.5) is 0 Å². The Morgan fingerprint density at radius 3 is 2.37 bits per heavy atom. The van der Waals surface area contributed by atoms with Crippen LogP contribution in [0, 0.1) is 5.92 Å². The summed E-state index contributed by atoms with van der Waals surface area (Å²) in [6.45, 7) is 5.58. The van der Waals surface area contributed by atoms with Crippen molar-refractivity contribution < 1.29 is 14.6 Å². The Labute approximate surface area is 114 Å². The molecule has 0 aromatic heterocycles. The summed E-state index contributed by atoms with van der Waals surface area (Å²) in [6, 6.07) is 9.69. The summed E-state index contributed by atoms with van der Waals surface area (Å²) < 4.78 is 5.52. The lowest BCUT2D eigenvalue weighted by atomic mass is 9.95. The maximum atomic E-state index is 11.1. The molecule has 0 aliphatic heterocycles. The molecule has 0 saturated heterocycles. The summed E-state index contributed by atoms with van der Waals surface area (Å²) in [7, 11) is 0. The normalized spacial score (nSPS) is 14.9. The standard InChI is InChI=1S/C15H23NO3/c1-15(2,3)19-14(18)12(10-13(16)17)9-11-7-5-4-6-8-11/h4-8,12,14,18H,9-10H2,1-3H3,(H2,16,17). The van der Waals surface area contributed by atoms with Gasteiger partial charge in [0, 0.05) is 12.3 Å². The van der Waals surface area contributed by atoms with Crippen molar-refractivity contribution >= 4 is 5.91 Å². The van der Waals surface area contributed by atoms with Gasteiger partial charge in [0.25, 0.3) is 0 Å². The topological polar surface area (TPSA) is 72.6 Å². The first kappa shape index (κ1) is 15.7. The summed E-state index contributed by atoms with van der Waals surface area (Å²) in [5, 5.41) is 10.1. The molecule has 0 heterocycles. The minimum atomic E-state index is -1.01. The maximum Gasteiger partial charge on any atom is 0.217 e. The zero-order chi connectivity index (χ0) is 14.5. The Balaban J connectivity index is 2.74. The van der Waals surface area contributed by atoms with Crippen molar-refractivity contribution in [2.24, 2.45) is 11.7 Å². The van der Waals surface area contributed by atoms with Gasteiger partial charge in [-0.3, -0.25) is 4.79 Å². The van der Waals surface area contributed by atoms with Gasteiger partial charge in [-0.2, -0.15) is 0 Å². The molecule has 2 atom stereocenters. The lowest BCUT2D eigenvalue weighted by molar-refractivity contribution is -0.193. The van der Waals surface area contributed by atoms with E-state index < -0.39 is 17.8 Å². The fraction of sp³-hybridized carbons (Fsp3) is 0.533. The zero-order valence-electron chi connectivity index (χ0n) is 11.8. The highest BCUT2D eigenvalue weighted by atomic mass is 16.6. The third-order valence-corrected chi connectivity index (χ3v) is 2.68. The van der Waals surface area contributed by atoms with Gasteiger partial charge in [0.15, 0.2) is 6.29 Å². The van der Waals surface area contributed by atoms with Crippen LogP contribution in [-0.2, 0) is 16.0 Å². The van der Waals surface area contributed by atoms with E-state index >= 15 is 0 Å². The monoisotopic (exact) mass is 265 g/mol. The van der Waals surface area contributed by atoms with E-state index in [1.165, 1.54) is 0 Å². The van der Waals surface area contributed by atoms with E-state index in [1.807, 2.05) is 51.1 Å². The number of aliphatic hydroxyl groups excluding tert-OH is 1. The van der Waals surface area contributed by atoms with Gasteiger partial charge < -0.3 is 15.6 Å². The highest BCUT2D eigenvalue weighted by Crippen LogP contribution is 2.21. The molecule has 4 heteroatoms. The number of benzene rings is 1. The molecule has 1 aromatic carbocycles. The second-order valence-electron chi connectivity index (χ2n) is 5.74. The second-order valence-corrected chi connectivity index (χ2v) is 5.74. The molecule has 0 fully saturated rings. The Bertz CT molecular complexity index is 398. The van der Waals surface area contributed by atoms with Crippen molar-refractivity contribution in [2.75, 3.05) is 0 Å². The smallest absolute Gasteiger partial charge is 0.217 e. The molecule has 0 saturated carbocycles. The number of hydrogen-bond acceptors (Lipinski definition) is 3. The SMILES string of the molecule is CC(C)(C)OC(O)C(CC(N)=O)Cc1ccccc1. The third-order valence-electron chi connectivity index (χ3n) is 2.68. The van der Waals surface area contributed by atoms with Gasteiger partial charge in [-0.15, -0.1) is 0 Å². The van der Waals surface area contributed by atoms with Crippen molar-refractivity contribution in [2.45, 2.75) is 45.5 Å². The first-order valence-electron chi connectivity index (χ1n) is 6.46. The Morgan fingerprint density at radius 1 is 1.32 bits per heavy atom. The molecule has 19 heavy (non-hydrogen) atoms. The Kier molecular flexibility index (Phi) is 5.51. The summed E-state index contributed by atoms with van der Waals surface area (Å²) in [4.78, 5) is 11.1. The summed E-state index contributed by atoms with van der Waals surface area (Å²) in [6.07, 6.45) is -0.347. The zero-order valence-corrected chi connectivity index (χ0v) is 11.8. The lowest BCUT2D eigenvalue weighted by Crippen LogP contribution is -2.35. The molecule has 4 nitrogen and oxygen atoms in total. The lowest BCUT2D eigenvalue weighted by Gasteiger charge is -2.29. The molecular weight excluding hydrogens is 242 g/mol. The Hall–Kier alpha value is -1.39. The van der Waals surface area contributed by atoms with Crippen molar-refractivity contribution in [3.8, 4) is 0 Å². The van der Waals surface area contributed by atoms with Gasteiger partial charge in [-0.25, -0.2) is 0 Å². The van der Waals surface area contributed by atoms with E-state index in [1.54, 1.807) is 0 Å². The third kappa shape index (κ3) is 6.36. The number of ether oxygens (including phenoxy) is 1. The van der Waals surface area contributed by atoms with E-state index in [0.717, 1.165) is 5.56 Å². The molecule has 2 unspecified atom stereocenters. The maximum absolute atomic E-state index is 11.1. The van der Waals surface area contributed by atoms with Crippen molar-refractivity contribution in [3.05, 3.63) is 35.9 Å². The summed E-state index contributed by atoms with van der Waals surface area (Å²) >= 11 is 0. The van der Waals surface area contributed by atoms with Crippen LogP contribution < -0.4 is 5.73 Å². The molecule has 0 aliphatic rings. The second kappa shape index (κ2) is 6.68. The van der Waals surface area contributed by atoms with E-state index in [0.29, 0.717) is 6.42 Å². The highest BCUT2D eigenvalue weighted by Gasteiger charge is 2.26. The number of hydrogen-bond donors (Lipinski definition) is 2. The van der Waals surface area contributed by atoms with Crippen LogP contribution >= 0.6 is 0 Å². The average molecular weight is 265 g/mol. The van der Waals surface area contributed by atoms with Crippen LogP contribution in [0.3, 0.4) is 0 Å². The average Bonchev–Trinajstić information content (AvgIpc) is 2.26. The molecule has 0 bridgehead atoms. The van der Waals surface area contributed by atoms with Crippen molar-refractivity contribution in [3.63, 3.8) is 0 Å². The number of primary amides is 1. The fourth-order valence-corrected chi connectivity index (χ4v) is 1.91. The van der Waals surface area contributed by atoms with Crippen LogP contribution in [0.2, 0.25) is 0 Å². The number of aliphatic hydroxyl groups is 1. The number of amides is 1. The van der Waals surface area contributed by atoms with Crippen molar-refractivity contribution in [1.82, 2.24) is 0 Å². The molecule has 1 amide bonds. The fourth-order valence-electron chi connectivity index (χ4n) is 1.91. The van der Waals surface area contributed by atoms with Crippen LogP contribution in [-0.4, -0.2) is 22.9 Å². The summed E-state index contributed by atoms with van der Waals surface area (Å²) in [5.41, 5.74) is 5.82. The number of rotatable bonds is 6. The quantitative estimate of drug-likeness (QED) is 0.771. The van der Waals surface area contributed by atoms with Gasteiger partial charge in [-0.1, -0.05) is 30.3 Å². The van der Waals surface area contributed by atoms with Crippen molar-refractivity contribution in [1.29, 1.82) is 0 Å². The Morgan fingerprint density at radius 2 is 1.89 bits per heavy atom. The molecule has 0 aliphatic carbocycles. The predicted molar refractivity (Wildman–Crippen MR) is 74.3 cm³/mol. The first-order chi connectivity index (χ1) is 8.78. The first-order valence-corrected chi connectivity index (χ1v) is 6.46. The van der Waals surface area contributed by atoms with Gasteiger partial charge in [0.2, 0.25) is 5.91 Å². The van der Waals surface area contributed by atoms with E-state index in [-0.39, 0.29) is 12.3 Å². The van der Waals surface area contributed by atoms with E-state index in [4.69, 9.17) is 10.5 Å². The van der Waals surface area contributed by atoms with Gasteiger partial charge in [0.1, 0.15) is 0 Å². The molecule has 3 N–H and O–H groups in total. The summed E-state index contributed by atoms with van der Waals surface area (Å²) in [5.74, 6) is -0.767. The minimum Gasteiger partial charge on any atom is -0.370 e. The molecule has 1 rings (SSSR count). The van der Waals surface area contributed by atoms with Gasteiger partial charge in [0.05, 0.1) is 5.60 Å². The number of nitrogens with two attached hydrogens (primary N) is 1. The van der Waals surface area contributed by atoms with Gasteiger partial charge >= 0.3 is 0 Å². The van der Waals surface area contributed by atoms with Crippen LogP contribution in [0.15, 0.2) is 30.3 Å². The number of carbonyl (C=O) groups is 1. The van der Waals surface area contributed by atoms with Crippen LogP contribution in [0.1, 0.15) is 32.8 Å². The van der Waals surface area contributed by atoms with Crippen LogP contribution in [0.25, 0.3) is 0 Å². The largest absolute Gasteiger partial charge is 0.370 e. The molecule has 0 radical (unpaired) electrons. The molecular formula is C15H23NO3. The van der Waals surface area contributed by atoms with E-state index in [2.05, 4.69) is 0 Å². The predicted octanol–water partition coefficient (Wildman–Crippen LogP) is 1.85.